The molecule has 6 aromatic carbocycles. The zero-order valence-corrected chi connectivity index (χ0v) is 52.8. The molecular formula is C62H67B3Cl2F12N2O9S2. The van der Waals surface area contributed by atoms with Crippen molar-refractivity contribution in [3.05, 3.63) is 241 Å². The van der Waals surface area contributed by atoms with Gasteiger partial charge in [0.25, 0.3) is 0 Å². The van der Waals surface area contributed by atoms with Gasteiger partial charge in [-0.3, -0.25) is 0 Å². The summed E-state index contributed by atoms with van der Waals surface area (Å²) in [6.07, 6.45) is -17.3. The molecule has 4 atom stereocenters. The van der Waals surface area contributed by atoms with E-state index in [0.29, 0.717) is 23.3 Å². The standard InChI is InChI=1S/C28H27F6NO3S.C26H25F6NO3S.C6H9B3O3.CH2Cl2.CH4/c1-5-37-24-15-19(11-12-23(24)30)27(35-39(36)26(2,3)4,17-18-9-7-6-8-10-18)20-13-21(29)16-22(14-20)38-28(33,34)25(31)32;1-24(2,3)37(35)33-25(15-16-7-5-4-6-8-16,17-9-10-21(28)22(34)13-17)18-11-19(27)14-20(12-18)36-26(31,32)23(29)30;1-4-7-10-8(5-2)12-9(6-3)11-7;2-1-3;/h5-16,25,35H,1,17H2,2-4H3;4-14,23,33-34H,15H2,1-3H3;4-6H,1-3H2;1H2;1H4/t27-,39+;25-,37+;;;/m11.../s1. The maximum absolute atomic E-state index is 14.9. The first-order chi connectivity index (χ1) is 42.5. The minimum atomic E-state index is -4.91. The van der Waals surface area contributed by atoms with Gasteiger partial charge in [0, 0.05) is 12.1 Å². The molecule has 1 heterocycles. The SMILES string of the molecule is C.C=CB1OB(C=C)OB(C=C)O1.C=COc1cc([C@@](Cc2ccccc2)(N[S@@](=O)C(C)(C)C)c2cc(F)cc(OC(F)(F)C(F)F)c2)ccc1F.CC(C)(C)[S@](=O)N[C@@](Cc1ccccc1)(c1cc(F)cc(OC(F)(F)C(F)F)c1)c1ccc(F)c(O)c1.ClCCl. The van der Waals surface area contributed by atoms with E-state index in [1.807, 2.05) is 0 Å². The summed E-state index contributed by atoms with van der Waals surface area (Å²) in [4.78, 5) is 0. The van der Waals surface area contributed by atoms with Gasteiger partial charge in [-0.1, -0.05) is 105 Å². The molecule has 1 aliphatic rings. The third-order valence-electron chi connectivity index (χ3n) is 12.5. The van der Waals surface area contributed by atoms with Gasteiger partial charge < -0.3 is 33.0 Å². The molecule has 0 unspecified atom stereocenters. The molecule has 0 bridgehead atoms. The van der Waals surface area contributed by atoms with Gasteiger partial charge in [0.2, 0.25) is 0 Å². The number of phenolic OH excluding ortho intramolecular Hbond substituents is 1. The van der Waals surface area contributed by atoms with E-state index in [0.717, 1.165) is 48.7 Å². The Hall–Kier alpha value is -6.49. The number of rotatable bonds is 23. The van der Waals surface area contributed by atoms with E-state index in [9.17, 15) is 66.2 Å². The topological polar surface area (TPSA) is 134 Å². The predicted octanol–water partition coefficient (Wildman–Crippen LogP) is 16.5. The highest BCUT2D eigenvalue weighted by atomic mass is 35.5. The van der Waals surface area contributed by atoms with Crippen LogP contribution in [0.5, 0.6) is 23.0 Å². The van der Waals surface area contributed by atoms with Crippen LogP contribution in [0.15, 0.2) is 184 Å². The Bertz CT molecular complexity index is 3400. The number of halogens is 14. The van der Waals surface area contributed by atoms with Crippen LogP contribution in [0.2, 0.25) is 0 Å². The number of ether oxygens (including phenoxy) is 3. The molecular weight excluding hydrogens is 1310 g/mol. The van der Waals surface area contributed by atoms with E-state index < -0.39 is 129 Å². The van der Waals surface area contributed by atoms with Crippen molar-refractivity contribution in [2.24, 2.45) is 0 Å². The summed E-state index contributed by atoms with van der Waals surface area (Å²) >= 11 is 9.53. The minimum absolute atomic E-state index is 0. The predicted molar refractivity (Wildman–Crippen MR) is 340 cm³/mol. The molecule has 0 aromatic heterocycles. The lowest BCUT2D eigenvalue weighted by atomic mass is 9.70. The molecule has 92 heavy (non-hydrogen) atoms. The van der Waals surface area contributed by atoms with E-state index in [1.165, 1.54) is 18.2 Å². The number of hydrogen-bond donors (Lipinski definition) is 3. The molecule has 498 valence electrons. The third-order valence-corrected chi connectivity index (χ3v) is 15.8. The Morgan fingerprint density at radius 1 is 0.543 bits per heavy atom. The molecule has 0 spiro atoms. The molecule has 0 saturated carbocycles. The number of nitrogens with one attached hydrogen (secondary N) is 2. The van der Waals surface area contributed by atoms with Gasteiger partial charge in [0.15, 0.2) is 23.1 Å². The fourth-order valence-electron chi connectivity index (χ4n) is 8.17. The lowest BCUT2D eigenvalue weighted by Crippen LogP contribution is -2.50. The van der Waals surface area contributed by atoms with Crippen molar-refractivity contribution >= 4 is 66.5 Å². The van der Waals surface area contributed by atoms with Crippen LogP contribution >= 0.6 is 23.2 Å². The first-order valence-corrected chi connectivity index (χ1v) is 30.2. The van der Waals surface area contributed by atoms with Crippen molar-refractivity contribution in [3.63, 3.8) is 0 Å². The average molecular weight is 1380 g/mol. The largest absolute Gasteiger partial charge is 0.505 e. The van der Waals surface area contributed by atoms with E-state index in [4.69, 9.17) is 41.7 Å². The molecule has 3 N–H and O–H groups in total. The van der Waals surface area contributed by atoms with Crippen LogP contribution in [-0.4, -0.2) is 74.8 Å². The number of aromatic hydroxyl groups is 1. The Morgan fingerprint density at radius 2 is 0.891 bits per heavy atom. The van der Waals surface area contributed by atoms with Crippen molar-refractivity contribution in [1.29, 1.82) is 0 Å². The summed E-state index contributed by atoms with van der Waals surface area (Å²) in [5.41, 5.74) is -2.10. The van der Waals surface area contributed by atoms with Crippen molar-refractivity contribution < 1.29 is 94.1 Å². The second kappa shape index (κ2) is 35.1. The molecule has 0 radical (unpaired) electrons. The van der Waals surface area contributed by atoms with E-state index in [-0.39, 0.29) is 53.6 Å². The van der Waals surface area contributed by atoms with Crippen LogP contribution in [-0.2, 0) is 59.6 Å². The van der Waals surface area contributed by atoms with Gasteiger partial charge in [0.05, 0.1) is 54.1 Å². The van der Waals surface area contributed by atoms with Crippen molar-refractivity contribution in [2.45, 2.75) is 107 Å². The van der Waals surface area contributed by atoms with Crippen LogP contribution in [0.1, 0.15) is 82.3 Å². The van der Waals surface area contributed by atoms with Gasteiger partial charge in [-0.05, 0) is 136 Å². The normalized spacial score (nSPS) is 14.6. The zero-order chi connectivity index (χ0) is 68.3. The van der Waals surface area contributed by atoms with Crippen LogP contribution in [0, 0.1) is 23.3 Å². The first-order valence-electron chi connectivity index (χ1n) is 26.8. The van der Waals surface area contributed by atoms with Crippen LogP contribution < -0.4 is 23.7 Å². The highest BCUT2D eigenvalue weighted by Crippen LogP contribution is 2.43. The van der Waals surface area contributed by atoms with E-state index in [2.05, 4.69) is 45.2 Å². The summed E-state index contributed by atoms with van der Waals surface area (Å²) < 4.78 is 225. The Labute approximate surface area is 543 Å². The highest BCUT2D eigenvalue weighted by molar-refractivity contribution is 7.84. The average Bonchev–Trinajstić information content (AvgIpc) is 0.762. The molecule has 1 aliphatic heterocycles. The maximum atomic E-state index is 14.9. The number of alkyl halides is 10. The Balaban J connectivity index is 0.000000389. The van der Waals surface area contributed by atoms with Crippen molar-refractivity contribution in [1.82, 2.24) is 9.44 Å². The van der Waals surface area contributed by atoms with Gasteiger partial charge in [-0.25, -0.2) is 35.4 Å². The summed E-state index contributed by atoms with van der Waals surface area (Å²) in [7, 11) is -5.12. The number of phenols is 1. The maximum Gasteiger partial charge on any atom is 0.461 e. The third kappa shape index (κ3) is 22.6. The molecule has 6 aromatic rings. The van der Waals surface area contributed by atoms with Crippen molar-refractivity contribution in [2.75, 3.05) is 5.34 Å². The van der Waals surface area contributed by atoms with Crippen molar-refractivity contribution in [3.8, 4) is 23.0 Å². The molecule has 11 nitrogen and oxygen atoms in total. The van der Waals surface area contributed by atoms with Gasteiger partial charge in [-0.2, -0.15) is 35.1 Å². The Kier molecular flexibility index (Phi) is 30.5. The minimum Gasteiger partial charge on any atom is -0.505 e. The number of hydrogen-bond acceptors (Lipinski definition) is 9. The summed E-state index contributed by atoms with van der Waals surface area (Å²) in [5.74, 6) is -2.09. The summed E-state index contributed by atoms with van der Waals surface area (Å²) in [6, 6.07) is 28.9. The lowest BCUT2D eigenvalue weighted by Gasteiger charge is -2.38. The van der Waals surface area contributed by atoms with Crippen LogP contribution in [0.4, 0.5) is 52.7 Å². The molecule has 1 fully saturated rings. The molecule has 0 aliphatic carbocycles. The van der Waals surface area contributed by atoms with Crippen LogP contribution in [0.25, 0.3) is 0 Å². The smallest absolute Gasteiger partial charge is 0.461 e. The van der Waals surface area contributed by atoms with Gasteiger partial charge >= 0.3 is 46.4 Å². The fraction of sp³-hybridized carbons (Fsp3) is 0.290. The molecule has 7 rings (SSSR count). The second-order valence-corrected chi connectivity index (χ2v) is 26.0. The fourth-order valence-corrected chi connectivity index (χ4v) is 10.0. The lowest BCUT2D eigenvalue weighted by molar-refractivity contribution is -0.253. The van der Waals surface area contributed by atoms with Gasteiger partial charge in [-0.15, -0.1) is 42.9 Å². The number of benzene rings is 6. The molecule has 1 saturated heterocycles. The van der Waals surface area contributed by atoms with E-state index in [1.54, 1.807) is 120 Å². The van der Waals surface area contributed by atoms with Gasteiger partial charge in [0.1, 0.15) is 23.1 Å². The van der Waals surface area contributed by atoms with E-state index >= 15 is 0 Å². The summed E-state index contributed by atoms with van der Waals surface area (Å²) in [5, 5.41) is 10.3. The second-order valence-electron chi connectivity index (χ2n) is 21.3. The molecule has 0 amide bonds. The first kappa shape index (κ1) is 79.8. The summed E-state index contributed by atoms with van der Waals surface area (Å²) in [6.45, 7) is 24.0. The zero-order valence-electron chi connectivity index (χ0n) is 49.7. The highest BCUT2D eigenvalue weighted by Gasteiger charge is 2.47. The Morgan fingerprint density at radius 3 is 1.21 bits per heavy atom. The van der Waals surface area contributed by atoms with Crippen LogP contribution in [0.3, 0.4) is 0 Å². The monoisotopic (exact) mass is 1380 g/mol. The quantitative estimate of drug-likeness (QED) is 0.0248. The molecule has 30 heteroatoms.